The first-order chi connectivity index (χ1) is 13.7. The highest BCUT2D eigenvalue weighted by molar-refractivity contribution is 7.80. The Kier molecular flexibility index (Phi) is 7.44. The molecule has 0 fully saturated rings. The van der Waals surface area contributed by atoms with Gasteiger partial charge < -0.3 is 15.0 Å². The van der Waals surface area contributed by atoms with Gasteiger partial charge in [-0.15, -0.1) is 0 Å². The second kappa shape index (κ2) is 10.5. The fourth-order valence-corrected chi connectivity index (χ4v) is 3.23. The van der Waals surface area contributed by atoms with Crippen LogP contribution in [0.15, 0.2) is 84.9 Å². The lowest BCUT2D eigenvalue weighted by atomic mass is 10.1. The van der Waals surface area contributed by atoms with E-state index in [1.165, 1.54) is 16.7 Å². The van der Waals surface area contributed by atoms with Crippen molar-refractivity contribution in [3.05, 3.63) is 102 Å². The largest absolute Gasteiger partial charge is 0.497 e. The summed E-state index contributed by atoms with van der Waals surface area (Å²) in [5.74, 6) is 0.861. The number of nitrogens with one attached hydrogen (secondary N) is 1. The Bertz CT molecular complexity index is 851. The molecule has 144 valence electrons. The maximum atomic E-state index is 5.73. The van der Waals surface area contributed by atoms with Gasteiger partial charge >= 0.3 is 0 Å². The molecule has 0 bridgehead atoms. The van der Waals surface area contributed by atoms with E-state index in [4.69, 9.17) is 17.0 Å². The minimum atomic E-state index is 0.694. The summed E-state index contributed by atoms with van der Waals surface area (Å²) < 4.78 is 5.22. The summed E-state index contributed by atoms with van der Waals surface area (Å²) in [7, 11) is 1.68. The Labute approximate surface area is 173 Å². The van der Waals surface area contributed by atoms with Crippen molar-refractivity contribution in [2.24, 2.45) is 0 Å². The molecular weight excluding hydrogens is 364 g/mol. The SMILES string of the molecule is COc1ccc(CNC(=S)N(CCc2ccccc2)Cc2ccccc2)cc1. The molecule has 0 saturated carbocycles. The Morgan fingerprint density at radius 1 is 0.821 bits per heavy atom. The van der Waals surface area contributed by atoms with Gasteiger partial charge in [-0.2, -0.15) is 0 Å². The predicted molar refractivity (Wildman–Crippen MR) is 119 cm³/mol. The first-order valence-corrected chi connectivity index (χ1v) is 9.89. The molecule has 0 unspecified atom stereocenters. The molecule has 4 heteroatoms. The molecule has 3 nitrogen and oxygen atoms in total. The average molecular weight is 391 g/mol. The molecule has 0 aliphatic heterocycles. The van der Waals surface area contributed by atoms with E-state index in [1.807, 2.05) is 24.3 Å². The van der Waals surface area contributed by atoms with E-state index in [1.54, 1.807) is 7.11 Å². The Morgan fingerprint density at radius 3 is 2.04 bits per heavy atom. The van der Waals surface area contributed by atoms with Gasteiger partial charge in [0.1, 0.15) is 5.75 Å². The van der Waals surface area contributed by atoms with E-state index in [0.29, 0.717) is 6.54 Å². The first-order valence-electron chi connectivity index (χ1n) is 9.48. The van der Waals surface area contributed by atoms with Crippen LogP contribution in [-0.4, -0.2) is 23.7 Å². The molecule has 0 aliphatic rings. The quantitative estimate of drug-likeness (QED) is 0.558. The fraction of sp³-hybridized carbons (Fsp3) is 0.208. The van der Waals surface area contributed by atoms with E-state index in [9.17, 15) is 0 Å². The van der Waals surface area contributed by atoms with Crippen LogP contribution >= 0.6 is 12.2 Å². The summed E-state index contributed by atoms with van der Waals surface area (Å²) in [5.41, 5.74) is 3.74. The zero-order chi connectivity index (χ0) is 19.6. The van der Waals surface area contributed by atoms with Crippen LogP contribution in [0.25, 0.3) is 0 Å². The van der Waals surface area contributed by atoms with Crippen LogP contribution in [-0.2, 0) is 19.5 Å². The van der Waals surface area contributed by atoms with E-state index in [0.717, 1.165) is 30.4 Å². The van der Waals surface area contributed by atoms with Gasteiger partial charge in [-0.1, -0.05) is 72.8 Å². The summed E-state index contributed by atoms with van der Waals surface area (Å²) in [6, 6.07) is 29.0. The highest BCUT2D eigenvalue weighted by atomic mass is 32.1. The Hall–Kier alpha value is -2.85. The summed E-state index contributed by atoms with van der Waals surface area (Å²) in [4.78, 5) is 2.24. The van der Waals surface area contributed by atoms with Gasteiger partial charge in [0.15, 0.2) is 5.11 Å². The number of hydrogen-bond donors (Lipinski definition) is 1. The molecule has 3 aromatic carbocycles. The second-order valence-corrected chi connectivity index (χ2v) is 7.04. The van der Waals surface area contributed by atoms with E-state index >= 15 is 0 Å². The smallest absolute Gasteiger partial charge is 0.169 e. The molecule has 28 heavy (non-hydrogen) atoms. The minimum Gasteiger partial charge on any atom is -0.497 e. The number of ether oxygens (including phenoxy) is 1. The van der Waals surface area contributed by atoms with Crippen molar-refractivity contribution in [2.75, 3.05) is 13.7 Å². The van der Waals surface area contributed by atoms with Crippen molar-refractivity contribution in [1.29, 1.82) is 0 Å². The lowest BCUT2D eigenvalue weighted by Gasteiger charge is -2.26. The van der Waals surface area contributed by atoms with E-state index < -0.39 is 0 Å². The van der Waals surface area contributed by atoms with Gasteiger partial charge in [0.25, 0.3) is 0 Å². The van der Waals surface area contributed by atoms with Gasteiger partial charge in [-0.3, -0.25) is 0 Å². The van der Waals surface area contributed by atoms with Gasteiger partial charge in [0.05, 0.1) is 7.11 Å². The number of nitrogens with zero attached hydrogens (tertiary/aromatic N) is 1. The van der Waals surface area contributed by atoms with Crippen molar-refractivity contribution in [1.82, 2.24) is 10.2 Å². The first kappa shape index (κ1) is 19.9. The maximum absolute atomic E-state index is 5.73. The van der Waals surface area contributed by atoms with Crippen molar-refractivity contribution in [3.8, 4) is 5.75 Å². The Balaban J connectivity index is 1.62. The highest BCUT2D eigenvalue weighted by Crippen LogP contribution is 2.12. The van der Waals surface area contributed by atoms with Crippen LogP contribution in [0.3, 0.4) is 0 Å². The third kappa shape index (κ3) is 6.10. The van der Waals surface area contributed by atoms with Crippen LogP contribution in [0, 0.1) is 0 Å². The monoisotopic (exact) mass is 390 g/mol. The third-order valence-corrected chi connectivity index (χ3v) is 5.02. The maximum Gasteiger partial charge on any atom is 0.169 e. The van der Waals surface area contributed by atoms with E-state index in [2.05, 4.69) is 70.9 Å². The van der Waals surface area contributed by atoms with Crippen molar-refractivity contribution < 1.29 is 4.74 Å². The minimum absolute atomic E-state index is 0.694. The van der Waals surface area contributed by atoms with E-state index in [-0.39, 0.29) is 0 Å². The van der Waals surface area contributed by atoms with Crippen LogP contribution in [0.4, 0.5) is 0 Å². The lowest BCUT2D eigenvalue weighted by molar-refractivity contribution is 0.408. The van der Waals surface area contributed by atoms with Gasteiger partial charge in [0, 0.05) is 19.6 Å². The van der Waals surface area contributed by atoms with Gasteiger partial charge in [0.2, 0.25) is 0 Å². The van der Waals surface area contributed by atoms with Crippen LogP contribution in [0.1, 0.15) is 16.7 Å². The number of thiocarbonyl (C=S) groups is 1. The zero-order valence-electron chi connectivity index (χ0n) is 16.2. The molecule has 0 aromatic heterocycles. The fourth-order valence-electron chi connectivity index (χ4n) is 3.00. The zero-order valence-corrected chi connectivity index (χ0v) is 17.0. The standard InChI is InChI=1S/C24H26N2OS/c1-27-23-14-12-21(13-15-23)18-25-24(28)26(19-22-10-6-3-7-11-22)17-16-20-8-4-2-5-9-20/h2-15H,16-19H2,1H3,(H,25,28). The number of hydrogen-bond acceptors (Lipinski definition) is 2. The lowest BCUT2D eigenvalue weighted by Crippen LogP contribution is -2.40. The number of rotatable bonds is 8. The molecule has 0 spiro atoms. The molecule has 0 radical (unpaired) electrons. The third-order valence-electron chi connectivity index (χ3n) is 4.62. The normalized spacial score (nSPS) is 10.3. The molecule has 0 amide bonds. The topological polar surface area (TPSA) is 24.5 Å². The van der Waals surface area contributed by atoms with Crippen molar-refractivity contribution >= 4 is 17.3 Å². The van der Waals surface area contributed by atoms with Crippen molar-refractivity contribution in [3.63, 3.8) is 0 Å². The average Bonchev–Trinajstić information content (AvgIpc) is 2.76. The highest BCUT2D eigenvalue weighted by Gasteiger charge is 2.11. The summed E-state index contributed by atoms with van der Waals surface area (Å²) in [6.07, 6.45) is 0.956. The number of methoxy groups -OCH3 is 1. The van der Waals surface area contributed by atoms with Crippen molar-refractivity contribution in [2.45, 2.75) is 19.5 Å². The molecule has 0 aliphatic carbocycles. The summed E-state index contributed by atoms with van der Waals surface area (Å²) >= 11 is 5.73. The van der Waals surface area contributed by atoms with Crippen LogP contribution in [0.2, 0.25) is 0 Å². The Morgan fingerprint density at radius 2 is 1.43 bits per heavy atom. The van der Waals surface area contributed by atoms with Gasteiger partial charge in [-0.25, -0.2) is 0 Å². The molecule has 0 atom stereocenters. The van der Waals surface area contributed by atoms with Crippen LogP contribution in [0.5, 0.6) is 5.75 Å². The predicted octanol–water partition coefficient (Wildman–Crippen LogP) is 4.81. The molecule has 1 N–H and O–H groups in total. The second-order valence-electron chi connectivity index (χ2n) is 6.65. The van der Waals surface area contributed by atoms with Crippen LogP contribution < -0.4 is 10.1 Å². The molecule has 3 rings (SSSR count). The molecule has 0 heterocycles. The number of benzene rings is 3. The molecular formula is C24H26N2OS. The summed E-state index contributed by atoms with van der Waals surface area (Å²) in [5, 5.41) is 4.18. The molecule has 0 saturated heterocycles. The van der Waals surface area contributed by atoms with Gasteiger partial charge in [-0.05, 0) is 47.5 Å². The molecule has 3 aromatic rings. The summed E-state index contributed by atoms with van der Waals surface area (Å²) in [6.45, 7) is 2.36.